The highest BCUT2D eigenvalue weighted by molar-refractivity contribution is 6.05. The first-order valence-electron chi connectivity index (χ1n) is 13.0. The molecule has 0 unspecified atom stereocenters. The van der Waals surface area contributed by atoms with Crippen LogP contribution in [0, 0.1) is 23.6 Å². The van der Waals surface area contributed by atoms with E-state index in [4.69, 9.17) is 0 Å². The molecular weight excluding hydrogens is 425 g/mol. The zero-order chi connectivity index (χ0) is 23.1. The molecule has 3 fully saturated rings. The Morgan fingerprint density at radius 3 is 2.50 bits per heavy atom. The summed E-state index contributed by atoms with van der Waals surface area (Å²) in [6.45, 7) is 5.04. The van der Waals surface area contributed by atoms with Gasteiger partial charge >= 0.3 is 0 Å². The van der Waals surface area contributed by atoms with Gasteiger partial charge < -0.3 is 14.8 Å². The number of benzene rings is 2. The summed E-state index contributed by atoms with van der Waals surface area (Å²) in [5, 5.41) is 1.10. The molecule has 4 nitrogen and oxygen atoms in total. The van der Waals surface area contributed by atoms with E-state index in [0.717, 1.165) is 67.9 Å². The first kappa shape index (κ1) is 21.8. The lowest BCUT2D eigenvalue weighted by Gasteiger charge is -2.38. The first-order chi connectivity index (χ1) is 16.7. The number of para-hydroxylation sites is 1. The van der Waals surface area contributed by atoms with Gasteiger partial charge in [-0.1, -0.05) is 43.5 Å². The number of H-pyrrole nitrogens is 1. The second-order valence-electron chi connectivity index (χ2n) is 10.7. The molecule has 2 aliphatic heterocycles. The second kappa shape index (κ2) is 9.18. The lowest BCUT2D eigenvalue weighted by molar-refractivity contribution is 0.0776. The van der Waals surface area contributed by atoms with E-state index in [1.165, 1.54) is 24.8 Å². The number of carbonyl (C=O) groups excluding carboxylic acids is 1. The van der Waals surface area contributed by atoms with Crippen molar-refractivity contribution < 1.29 is 9.18 Å². The van der Waals surface area contributed by atoms with E-state index in [0.29, 0.717) is 17.8 Å². The van der Waals surface area contributed by atoms with Gasteiger partial charge in [0.2, 0.25) is 0 Å². The summed E-state index contributed by atoms with van der Waals surface area (Å²) >= 11 is 0. The summed E-state index contributed by atoms with van der Waals surface area (Å²) in [4.78, 5) is 21.6. The summed E-state index contributed by atoms with van der Waals surface area (Å²) in [7, 11) is 0. The molecule has 0 spiro atoms. The van der Waals surface area contributed by atoms with Crippen LogP contribution in [0.4, 0.5) is 4.39 Å². The minimum Gasteiger partial charge on any atom is -0.361 e. The molecule has 1 aromatic heterocycles. The molecule has 3 aromatic rings. The Morgan fingerprint density at radius 2 is 1.76 bits per heavy atom. The van der Waals surface area contributed by atoms with Crippen molar-refractivity contribution in [2.24, 2.45) is 17.8 Å². The van der Waals surface area contributed by atoms with Crippen molar-refractivity contribution in [3.8, 4) is 0 Å². The van der Waals surface area contributed by atoms with Crippen LogP contribution in [0.5, 0.6) is 0 Å². The predicted molar refractivity (Wildman–Crippen MR) is 133 cm³/mol. The number of carbonyl (C=O) groups is 1. The van der Waals surface area contributed by atoms with Crippen molar-refractivity contribution in [1.82, 2.24) is 14.8 Å². The number of rotatable bonds is 5. The average molecular weight is 460 g/mol. The Morgan fingerprint density at radius 1 is 0.971 bits per heavy atom. The van der Waals surface area contributed by atoms with Gasteiger partial charge in [-0.15, -0.1) is 0 Å². The standard InChI is InChI=1S/C29H34FN3O/c30-25-9-7-20(8-10-25)21-12-15-32(16-13-21)17-24-18-33(19-27(24)22-3-1-4-22)29(34)26-6-2-5-23-11-14-31-28(23)26/h2,5-11,14,21-22,24,27,31H,1,3-4,12-13,15-19H2/t24-,27+/m1/s1. The lowest BCUT2D eigenvalue weighted by Crippen LogP contribution is -2.40. The summed E-state index contributed by atoms with van der Waals surface area (Å²) < 4.78 is 13.3. The van der Waals surface area contributed by atoms with E-state index < -0.39 is 0 Å². The third-order valence-electron chi connectivity index (χ3n) is 8.77. The van der Waals surface area contributed by atoms with Gasteiger partial charge in [0.1, 0.15) is 5.82 Å². The highest BCUT2D eigenvalue weighted by Gasteiger charge is 2.42. The molecule has 1 N–H and O–H groups in total. The zero-order valence-corrected chi connectivity index (χ0v) is 19.8. The largest absolute Gasteiger partial charge is 0.361 e. The highest BCUT2D eigenvalue weighted by atomic mass is 19.1. The van der Waals surface area contributed by atoms with Crippen LogP contribution in [-0.2, 0) is 0 Å². The third-order valence-corrected chi connectivity index (χ3v) is 8.77. The molecule has 6 rings (SSSR count). The molecule has 3 heterocycles. The minimum atomic E-state index is -0.156. The van der Waals surface area contributed by atoms with Crippen LogP contribution in [0.1, 0.15) is 53.9 Å². The van der Waals surface area contributed by atoms with Gasteiger partial charge in [-0.25, -0.2) is 4.39 Å². The van der Waals surface area contributed by atoms with E-state index in [2.05, 4.69) is 20.9 Å². The molecular formula is C29H34FN3O. The summed E-state index contributed by atoms with van der Waals surface area (Å²) in [5.41, 5.74) is 3.03. The van der Waals surface area contributed by atoms with Crippen LogP contribution in [0.2, 0.25) is 0 Å². The Hall–Kier alpha value is -2.66. The molecule has 1 amide bonds. The smallest absolute Gasteiger partial charge is 0.256 e. The van der Waals surface area contributed by atoms with E-state index in [9.17, 15) is 9.18 Å². The van der Waals surface area contributed by atoms with Gasteiger partial charge in [0.05, 0.1) is 11.1 Å². The third kappa shape index (κ3) is 4.15. The van der Waals surface area contributed by atoms with Crippen LogP contribution in [0.25, 0.3) is 10.9 Å². The summed E-state index contributed by atoms with van der Waals surface area (Å²) in [6.07, 6.45) is 8.16. The quantitative estimate of drug-likeness (QED) is 0.534. The van der Waals surface area contributed by atoms with Gasteiger partial charge in [-0.2, -0.15) is 0 Å². The van der Waals surface area contributed by atoms with Gasteiger partial charge in [-0.05, 0) is 79.4 Å². The maximum absolute atomic E-state index is 13.6. The molecule has 5 heteroatoms. The highest BCUT2D eigenvalue weighted by Crippen LogP contribution is 2.42. The molecule has 1 saturated carbocycles. The number of aromatic nitrogens is 1. The fourth-order valence-corrected chi connectivity index (χ4v) is 6.61. The summed E-state index contributed by atoms with van der Waals surface area (Å²) in [5.74, 6) is 2.50. The number of piperidine rings is 1. The molecule has 178 valence electrons. The van der Waals surface area contributed by atoms with E-state index in [1.807, 2.05) is 36.5 Å². The minimum absolute atomic E-state index is 0.156. The number of fused-ring (bicyclic) bond motifs is 1. The van der Waals surface area contributed by atoms with Gasteiger partial charge in [0.15, 0.2) is 0 Å². The number of hydrogen-bond acceptors (Lipinski definition) is 2. The van der Waals surface area contributed by atoms with E-state index in [-0.39, 0.29) is 11.7 Å². The van der Waals surface area contributed by atoms with Crippen molar-refractivity contribution in [2.45, 2.75) is 38.0 Å². The van der Waals surface area contributed by atoms with Crippen LogP contribution in [-0.4, -0.2) is 53.4 Å². The number of nitrogens with zero attached hydrogens (tertiary/aromatic N) is 2. The number of aromatic amines is 1. The molecule has 1 aliphatic carbocycles. The zero-order valence-electron chi connectivity index (χ0n) is 19.8. The second-order valence-corrected chi connectivity index (χ2v) is 10.7. The molecule has 2 aromatic carbocycles. The Kier molecular flexibility index (Phi) is 5.90. The molecule has 0 bridgehead atoms. The first-order valence-corrected chi connectivity index (χ1v) is 13.0. The van der Waals surface area contributed by atoms with Crippen LogP contribution < -0.4 is 0 Å². The molecule has 34 heavy (non-hydrogen) atoms. The molecule has 0 radical (unpaired) electrons. The van der Waals surface area contributed by atoms with Gasteiger partial charge in [-0.3, -0.25) is 4.79 Å². The summed E-state index contributed by atoms with van der Waals surface area (Å²) in [6, 6.07) is 15.1. The topological polar surface area (TPSA) is 39.3 Å². The molecule has 3 aliphatic rings. The van der Waals surface area contributed by atoms with Crippen molar-refractivity contribution in [2.75, 3.05) is 32.7 Å². The van der Waals surface area contributed by atoms with Crippen molar-refractivity contribution in [1.29, 1.82) is 0 Å². The molecule has 2 atom stereocenters. The van der Waals surface area contributed by atoms with E-state index in [1.54, 1.807) is 12.1 Å². The number of halogens is 1. The number of hydrogen-bond donors (Lipinski definition) is 1. The van der Waals surface area contributed by atoms with Crippen LogP contribution in [0.15, 0.2) is 54.7 Å². The van der Waals surface area contributed by atoms with Gasteiger partial charge in [0.25, 0.3) is 5.91 Å². The Labute approximate surface area is 201 Å². The SMILES string of the molecule is O=C(c1cccc2cc[nH]c12)N1C[C@@H](CN2CCC(c3ccc(F)cc3)CC2)[C@H](C2CCC2)C1. The molecule has 2 saturated heterocycles. The number of nitrogens with one attached hydrogen (secondary N) is 1. The van der Waals surface area contributed by atoms with Crippen LogP contribution in [0.3, 0.4) is 0 Å². The van der Waals surface area contributed by atoms with E-state index >= 15 is 0 Å². The fourth-order valence-electron chi connectivity index (χ4n) is 6.61. The fraction of sp³-hybridized carbons (Fsp3) is 0.483. The average Bonchev–Trinajstić information content (AvgIpc) is 3.46. The normalized spacial score (nSPS) is 24.6. The Bertz CT molecular complexity index is 1140. The van der Waals surface area contributed by atoms with Crippen LogP contribution >= 0.6 is 0 Å². The van der Waals surface area contributed by atoms with Crippen molar-refractivity contribution in [3.05, 3.63) is 71.7 Å². The maximum atomic E-state index is 13.6. The predicted octanol–water partition coefficient (Wildman–Crippen LogP) is 5.67. The number of amides is 1. The number of likely N-dealkylation sites (tertiary alicyclic amines) is 2. The van der Waals surface area contributed by atoms with Crippen molar-refractivity contribution in [3.63, 3.8) is 0 Å². The monoisotopic (exact) mass is 459 g/mol. The van der Waals surface area contributed by atoms with Gasteiger partial charge in [0, 0.05) is 31.2 Å². The Balaban J connectivity index is 1.12. The maximum Gasteiger partial charge on any atom is 0.256 e. The van der Waals surface area contributed by atoms with Crippen molar-refractivity contribution >= 4 is 16.8 Å². The lowest BCUT2D eigenvalue weighted by atomic mass is 9.71.